The zero-order chi connectivity index (χ0) is 15.0. The molecule has 0 saturated carbocycles. The third-order valence-electron chi connectivity index (χ3n) is 2.89. The van der Waals surface area contributed by atoms with Gasteiger partial charge in [-0.15, -0.1) is 0 Å². The van der Waals surface area contributed by atoms with Crippen LogP contribution in [0.3, 0.4) is 0 Å². The lowest BCUT2D eigenvalue weighted by atomic mass is 9.98. The van der Waals surface area contributed by atoms with Crippen LogP contribution in [-0.4, -0.2) is 38.0 Å². The molecule has 1 N–H and O–H groups in total. The average Bonchev–Trinajstić information content (AvgIpc) is 2.42. The summed E-state index contributed by atoms with van der Waals surface area (Å²) in [6.07, 6.45) is 4.04. The summed E-state index contributed by atoms with van der Waals surface area (Å²) in [6, 6.07) is 0. The number of ether oxygens (including phenoxy) is 1. The van der Waals surface area contributed by atoms with Crippen molar-refractivity contribution in [2.75, 3.05) is 13.2 Å². The lowest BCUT2D eigenvalue weighted by Gasteiger charge is -2.29. The van der Waals surface area contributed by atoms with Gasteiger partial charge < -0.3 is 4.74 Å². The molecule has 1 heterocycles. The van der Waals surface area contributed by atoms with Crippen LogP contribution in [0.25, 0.3) is 0 Å². The zero-order valence-electron chi connectivity index (χ0n) is 10.8. The molecular weight excluding hydrogens is 278 g/mol. The number of hydrogen-bond acceptors (Lipinski definition) is 3. The molecule has 0 spiro atoms. The highest BCUT2D eigenvalue weighted by Crippen LogP contribution is 2.24. The average molecular weight is 295 g/mol. The smallest absolute Gasteiger partial charge is 0.330 e. The first-order chi connectivity index (χ1) is 9.45. The minimum absolute atomic E-state index is 0.196. The van der Waals surface area contributed by atoms with Crippen LogP contribution in [-0.2, 0) is 9.53 Å². The molecule has 1 fully saturated rings. The topological polar surface area (TPSA) is 38.3 Å². The van der Waals surface area contributed by atoms with Crippen LogP contribution in [0.4, 0.5) is 17.6 Å². The van der Waals surface area contributed by atoms with Crippen molar-refractivity contribution in [1.82, 2.24) is 5.32 Å². The number of aldehydes is 1. The maximum absolute atomic E-state index is 12.7. The quantitative estimate of drug-likeness (QED) is 0.339. The minimum Gasteiger partial charge on any atom is -0.357 e. The molecule has 1 aliphatic heterocycles. The second kappa shape index (κ2) is 8.16. The van der Waals surface area contributed by atoms with Crippen LogP contribution in [0.15, 0.2) is 24.3 Å². The van der Waals surface area contributed by atoms with E-state index in [1.165, 1.54) is 6.08 Å². The van der Waals surface area contributed by atoms with E-state index in [1.54, 1.807) is 12.2 Å². The molecule has 114 valence electrons. The number of carbonyl (C=O) groups is 1. The van der Waals surface area contributed by atoms with E-state index in [0.29, 0.717) is 25.7 Å². The molecule has 1 rings (SSSR count). The molecule has 1 aliphatic rings. The van der Waals surface area contributed by atoms with Gasteiger partial charge in [0.2, 0.25) is 0 Å². The van der Waals surface area contributed by atoms with E-state index in [4.69, 9.17) is 4.74 Å². The van der Waals surface area contributed by atoms with Crippen LogP contribution >= 0.6 is 0 Å². The SMILES string of the molecule is O=C/C=C/C=C/C1CCC(OCC(F)(F)C(F)F)NC1. The molecule has 0 radical (unpaired) electrons. The van der Waals surface area contributed by atoms with Crippen LogP contribution in [0.2, 0.25) is 0 Å². The van der Waals surface area contributed by atoms with Gasteiger partial charge in [-0.2, -0.15) is 8.78 Å². The van der Waals surface area contributed by atoms with Gasteiger partial charge >= 0.3 is 12.3 Å². The second-order valence-electron chi connectivity index (χ2n) is 4.51. The van der Waals surface area contributed by atoms with Crippen molar-refractivity contribution in [1.29, 1.82) is 0 Å². The molecule has 3 nitrogen and oxygen atoms in total. The van der Waals surface area contributed by atoms with Gasteiger partial charge in [-0.25, -0.2) is 8.78 Å². The van der Waals surface area contributed by atoms with Crippen molar-refractivity contribution in [3.63, 3.8) is 0 Å². The Morgan fingerprint density at radius 2 is 2.00 bits per heavy atom. The Bertz CT molecular complexity index is 350. The summed E-state index contributed by atoms with van der Waals surface area (Å²) in [4.78, 5) is 10.0. The molecule has 0 aromatic heterocycles. The predicted molar refractivity (Wildman–Crippen MR) is 65.8 cm³/mol. The number of hydrogen-bond donors (Lipinski definition) is 1. The van der Waals surface area contributed by atoms with Gasteiger partial charge in [-0.3, -0.25) is 10.1 Å². The minimum atomic E-state index is -4.11. The first-order valence-electron chi connectivity index (χ1n) is 6.25. The molecular formula is C13H17F4NO2. The second-order valence-corrected chi connectivity index (χ2v) is 4.51. The van der Waals surface area contributed by atoms with Crippen molar-refractivity contribution in [3.05, 3.63) is 24.3 Å². The first kappa shape index (κ1) is 16.8. The van der Waals surface area contributed by atoms with E-state index in [2.05, 4.69) is 5.32 Å². The van der Waals surface area contributed by atoms with Crippen LogP contribution in [0.1, 0.15) is 12.8 Å². The van der Waals surface area contributed by atoms with E-state index in [9.17, 15) is 22.4 Å². The molecule has 1 saturated heterocycles. The number of allylic oxidation sites excluding steroid dienone is 3. The van der Waals surface area contributed by atoms with Crippen molar-refractivity contribution in [3.8, 4) is 0 Å². The van der Waals surface area contributed by atoms with Gasteiger partial charge in [-0.1, -0.05) is 18.2 Å². The van der Waals surface area contributed by atoms with Crippen LogP contribution in [0, 0.1) is 5.92 Å². The Kier molecular flexibility index (Phi) is 6.87. The van der Waals surface area contributed by atoms with Crippen molar-refractivity contribution < 1.29 is 27.1 Å². The van der Waals surface area contributed by atoms with Gasteiger partial charge in [0, 0.05) is 6.54 Å². The van der Waals surface area contributed by atoms with Gasteiger partial charge in [0.1, 0.15) is 19.1 Å². The van der Waals surface area contributed by atoms with Crippen molar-refractivity contribution in [2.45, 2.75) is 31.4 Å². The third-order valence-corrected chi connectivity index (χ3v) is 2.89. The maximum Gasteiger partial charge on any atom is 0.330 e. The summed E-state index contributed by atoms with van der Waals surface area (Å²) in [5.74, 6) is -3.92. The Balaban J connectivity index is 2.27. The molecule has 0 aromatic rings. The molecule has 2 unspecified atom stereocenters. The van der Waals surface area contributed by atoms with Gasteiger partial charge in [0.15, 0.2) is 0 Å². The summed E-state index contributed by atoms with van der Waals surface area (Å²) in [5.41, 5.74) is 0. The number of piperidine rings is 1. The number of halogens is 4. The fourth-order valence-corrected chi connectivity index (χ4v) is 1.76. The summed E-state index contributed by atoms with van der Waals surface area (Å²) in [5, 5.41) is 2.88. The predicted octanol–water partition coefficient (Wildman–Crippen LogP) is 2.54. The van der Waals surface area contributed by atoms with Crippen LogP contribution in [0.5, 0.6) is 0 Å². The van der Waals surface area contributed by atoms with Gasteiger partial charge in [-0.05, 0) is 24.8 Å². The summed E-state index contributed by atoms with van der Waals surface area (Å²) >= 11 is 0. The summed E-state index contributed by atoms with van der Waals surface area (Å²) < 4.78 is 54.0. The number of alkyl halides is 4. The third kappa shape index (κ3) is 5.83. The van der Waals surface area contributed by atoms with Gasteiger partial charge in [0.05, 0.1) is 0 Å². The van der Waals surface area contributed by atoms with E-state index >= 15 is 0 Å². The number of carbonyl (C=O) groups excluding carboxylic acids is 1. The van der Waals surface area contributed by atoms with E-state index < -0.39 is 25.2 Å². The normalized spacial score (nSPS) is 24.9. The van der Waals surface area contributed by atoms with Crippen molar-refractivity contribution in [2.24, 2.45) is 5.92 Å². The molecule has 0 amide bonds. The van der Waals surface area contributed by atoms with Crippen LogP contribution < -0.4 is 5.32 Å². The van der Waals surface area contributed by atoms with Crippen molar-refractivity contribution >= 4 is 6.29 Å². The maximum atomic E-state index is 12.7. The summed E-state index contributed by atoms with van der Waals surface area (Å²) in [7, 11) is 0. The van der Waals surface area contributed by atoms with Gasteiger partial charge in [0.25, 0.3) is 0 Å². The number of nitrogens with one attached hydrogen (secondary N) is 1. The Labute approximate surface area is 114 Å². The molecule has 0 aromatic carbocycles. The van der Waals surface area contributed by atoms with E-state index in [0.717, 1.165) is 0 Å². The summed E-state index contributed by atoms with van der Waals surface area (Å²) in [6.45, 7) is -0.777. The van der Waals surface area contributed by atoms with E-state index in [1.807, 2.05) is 6.08 Å². The highest BCUT2D eigenvalue weighted by atomic mass is 19.3. The molecule has 0 aliphatic carbocycles. The molecule has 7 heteroatoms. The lowest BCUT2D eigenvalue weighted by molar-refractivity contribution is -0.181. The molecule has 20 heavy (non-hydrogen) atoms. The fraction of sp³-hybridized carbons (Fsp3) is 0.615. The monoisotopic (exact) mass is 295 g/mol. The highest BCUT2D eigenvalue weighted by molar-refractivity contribution is 5.65. The Hall–Kier alpha value is -1.21. The molecule has 2 atom stereocenters. The first-order valence-corrected chi connectivity index (χ1v) is 6.25. The zero-order valence-corrected chi connectivity index (χ0v) is 10.8. The Morgan fingerprint density at radius 3 is 2.55 bits per heavy atom. The Morgan fingerprint density at radius 1 is 1.25 bits per heavy atom. The van der Waals surface area contributed by atoms with E-state index in [-0.39, 0.29) is 5.92 Å². The number of rotatable bonds is 7. The molecule has 0 bridgehead atoms. The fourth-order valence-electron chi connectivity index (χ4n) is 1.76. The largest absolute Gasteiger partial charge is 0.357 e. The lowest BCUT2D eigenvalue weighted by Crippen LogP contribution is -2.43. The highest BCUT2D eigenvalue weighted by Gasteiger charge is 2.41. The standard InChI is InChI=1S/C13H17F4NO2/c14-12(15)13(16,17)9-20-11-6-5-10(8-18-11)4-2-1-3-7-19/h1-4,7,10-12,18H,5-6,8-9H2/b3-1+,4-2+.